The molecule has 3 heteroatoms. The highest BCUT2D eigenvalue weighted by molar-refractivity contribution is 5.78. The molecule has 2 unspecified atom stereocenters. The van der Waals surface area contributed by atoms with Crippen molar-refractivity contribution in [3.8, 4) is 6.07 Å². The van der Waals surface area contributed by atoms with E-state index in [4.69, 9.17) is 5.26 Å². The maximum atomic E-state index is 10.7. The van der Waals surface area contributed by atoms with Crippen molar-refractivity contribution < 1.29 is 4.79 Å². The van der Waals surface area contributed by atoms with E-state index in [1.54, 1.807) is 12.1 Å². The van der Waals surface area contributed by atoms with Gasteiger partial charge in [0.15, 0.2) is 0 Å². The molecule has 3 nitrogen and oxygen atoms in total. The summed E-state index contributed by atoms with van der Waals surface area (Å²) in [5.74, 6) is 1.55. The van der Waals surface area contributed by atoms with Crippen LogP contribution < -0.4 is 4.90 Å². The van der Waals surface area contributed by atoms with Gasteiger partial charge in [0.1, 0.15) is 12.4 Å². The Kier molecular flexibility index (Phi) is 3.14. The van der Waals surface area contributed by atoms with Crippen LogP contribution in [-0.4, -0.2) is 19.9 Å². The highest BCUT2D eigenvalue weighted by Crippen LogP contribution is 2.39. The van der Waals surface area contributed by atoms with E-state index < -0.39 is 0 Å². The van der Waals surface area contributed by atoms with E-state index in [1.807, 2.05) is 13.1 Å². The van der Waals surface area contributed by atoms with Crippen LogP contribution in [0.3, 0.4) is 0 Å². The average molecular weight is 228 g/mol. The normalized spacial score (nSPS) is 21.7. The zero-order valence-electron chi connectivity index (χ0n) is 10.2. The van der Waals surface area contributed by atoms with Crippen LogP contribution in [0.5, 0.6) is 0 Å². The lowest BCUT2D eigenvalue weighted by molar-refractivity contribution is 0.112. The van der Waals surface area contributed by atoms with Crippen molar-refractivity contribution in [1.82, 2.24) is 0 Å². The molecule has 2 rings (SSSR count). The Morgan fingerprint density at radius 1 is 1.59 bits per heavy atom. The van der Waals surface area contributed by atoms with Gasteiger partial charge in [0.05, 0.1) is 11.3 Å². The fraction of sp³-hybridized carbons (Fsp3) is 0.429. The average Bonchev–Trinajstić information content (AvgIpc) is 3.03. The lowest BCUT2D eigenvalue weighted by Gasteiger charge is -2.20. The van der Waals surface area contributed by atoms with Gasteiger partial charge in [0, 0.05) is 19.2 Å². The van der Waals surface area contributed by atoms with E-state index in [1.165, 1.54) is 6.42 Å². The third kappa shape index (κ3) is 2.47. The monoisotopic (exact) mass is 228 g/mol. The van der Waals surface area contributed by atoms with Crippen LogP contribution in [0.4, 0.5) is 5.69 Å². The molecule has 0 N–H and O–H groups in total. The summed E-state index contributed by atoms with van der Waals surface area (Å²) in [4.78, 5) is 12.8. The molecular formula is C14H16N2O. The number of nitriles is 1. The fourth-order valence-corrected chi connectivity index (χ4v) is 2.15. The second-order valence-electron chi connectivity index (χ2n) is 4.86. The van der Waals surface area contributed by atoms with E-state index in [2.05, 4.69) is 17.9 Å². The summed E-state index contributed by atoms with van der Waals surface area (Å²) in [6.07, 6.45) is 2.05. The van der Waals surface area contributed by atoms with E-state index in [0.29, 0.717) is 11.1 Å². The van der Waals surface area contributed by atoms with Crippen molar-refractivity contribution in [2.24, 2.45) is 11.8 Å². The van der Waals surface area contributed by atoms with Crippen molar-refractivity contribution in [2.75, 3.05) is 18.5 Å². The van der Waals surface area contributed by atoms with Gasteiger partial charge in [-0.3, -0.25) is 4.79 Å². The molecular weight excluding hydrogens is 212 g/mol. The number of nitrogens with zero attached hydrogens (tertiary/aromatic N) is 2. The molecule has 0 saturated heterocycles. The first kappa shape index (κ1) is 11.7. The summed E-state index contributed by atoms with van der Waals surface area (Å²) >= 11 is 0. The fourth-order valence-electron chi connectivity index (χ4n) is 2.15. The predicted molar refractivity (Wildman–Crippen MR) is 67.1 cm³/mol. The van der Waals surface area contributed by atoms with Gasteiger partial charge in [-0.1, -0.05) is 6.92 Å². The van der Waals surface area contributed by atoms with Crippen molar-refractivity contribution in [3.05, 3.63) is 29.3 Å². The molecule has 2 atom stereocenters. The lowest BCUT2D eigenvalue weighted by atomic mass is 10.1. The zero-order valence-corrected chi connectivity index (χ0v) is 10.2. The zero-order chi connectivity index (χ0) is 12.4. The molecule has 1 aliphatic rings. The number of carbonyl (C=O) groups excluding carboxylic acids is 1. The molecule has 1 saturated carbocycles. The molecule has 1 aliphatic carbocycles. The Morgan fingerprint density at radius 3 is 2.82 bits per heavy atom. The molecule has 17 heavy (non-hydrogen) atoms. The third-order valence-corrected chi connectivity index (χ3v) is 3.47. The molecule has 0 heterocycles. The second kappa shape index (κ2) is 4.58. The minimum absolute atomic E-state index is 0.554. The van der Waals surface area contributed by atoms with Gasteiger partial charge in [-0.05, 0) is 36.5 Å². The standard InChI is InChI=1S/C14H16N2O/c1-10-5-13(10)8-16(2)14-4-3-11(9-17)6-12(14)7-15/h3-4,6,9-10,13H,5,8H2,1-2H3. The van der Waals surface area contributed by atoms with Crippen LogP contribution in [0.1, 0.15) is 29.3 Å². The molecule has 0 aliphatic heterocycles. The van der Waals surface area contributed by atoms with Crippen LogP contribution in [0.15, 0.2) is 18.2 Å². The van der Waals surface area contributed by atoms with E-state index in [0.717, 1.165) is 30.4 Å². The highest BCUT2D eigenvalue weighted by atomic mass is 16.1. The van der Waals surface area contributed by atoms with Gasteiger partial charge in [-0.15, -0.1) is 0 Å². The number of rotatable bonds is 4. The van der Waals surface area contributed by atoms with Gasteiger partial charge < -0.3 is 4.90 Å². The van der Waals surface area contributed by atoms with E-state index >= 15 is 0 Å². The number of carbonyl (C=O) groups is 1. The molecule has 1 fully saturated rings. The highest BCUT2D eigenvalue weighted by Gasteiger charge is 2.33. The molecule has 0 spiro atoms. The number of anilines is 1. The Labute approximate surface area is 102 Å². The maximum absolute atomic E-state index is 10.7. The minimum Gasteiger partial charge on any atom is -0.373 e. The van der Waals surface area contributed by atoms with Crippen LogP contribution in [-0.2, 0) is 0 Å². The van der Waals surface area contributed by atoms with Crippen LogP contribution >= 0.6 is 0 Å². The summed E-state index contributed by atoms with van der Waals surface area (Å²) < 4.78 is 0. The smallest absolute Gasteiger partial charge is 0.150 e. The van der Waals surface area contributed by atoms with Crippen LogP contribution in [0, 0.1) is 23.2 Å². The predicted octanol–water partition coefficient (Wildman–Crippen LogP) is 2.46. The van der Waals surface area contributed by atoms with Gasteiger partial charge in [0.25, 0.3) is 0 Å². The summed E-state index contributed by atoms with van der Waals surface area (Å²) in [6.45, 7) is 3.23. The van der Waals surface area contributed by atoms with E-state index in [-0.39, 0.29) is 0 Å². The van der Waals surface area contributed by atoms with Crippen molar-refractivity contribution in [1.29, 1.82) is 5.26 Å². The van der Waals surface area contributed by atoms with Gasteiger partial charge in [0.2, 0.25) is 0 Å². The van der Waals surface area contributed by atoms with Crippen LogP contribution in [0.2, 0.25) is 0 Å². The molecule has 0 aromatic heterocycles. The summed E-state index contributed by atoms with van der Waals surface area (Å²) in [5.41, 5.74) is 2.04. The molecule has 0 amide bonds. The molecule has 1 aromatic carbocycles. The number of hydrogen-bond acceptors (Lipinski definition) is 3. The first-order chi connectivity index (χ1) is 8.15. The molecule has 0 radical (unpaired) electrons. The Hall–Kier alpha value is -1.82. The Morgan fingerprint density at radius 2 is 2.29 bits per heavy atom. The largest absolute Gasteiger partial charge is 0.373 e. The number of benzene rings is 1. The minimum atomic E-state index is 0.554. The maximum Gasteiger partial charge on any atom is 0.150 e. The Balaban J connectivity index is 2.19. The SMILES string of the molecule is CC1CC1CN(C)c1ccc(C=O)cc1C#N. The topological polar surface area (TPSA) is 44.1 Å². The second-order valence-corrected chi connectivity index (χ2v) is 4.86. The van der Waals surface area contributed by atoms with Gasteiger partial charge in [-0.2, -0.15) is 5.26 Å². The van der Waals surface area contributed by atoms with Gasteiger partial charge in [-0.25, -0.2) is 0 Å². The third-order valence-electron chi connectivity index (χ3n) is 3.47. The van der Waals surface area contributed by atoms with E-state index in [9.17, 15) is 4.79 Å². The molecule has 1 aromatic rings. The first-order valence-electron chi connectivity index (χ1n) is 5.86. The molecule has 0 bridgehead atoms. The summed E-state index contributed by atoms with van der Waals surface area (Å²) in [6, 6.07) is 7.42. The van der Waals surface area contributed by atoms with Gasteiger partial charge >= 0.3 is 0 Å². The molecule has 88 valence electrons. The Bertz CT molecular complexity index is 476. The summed E-state index contributed by atoms with van der Waals surface area (Å²) in [5, 5.41) is 9.10. The van der Waals surface area contributed by atoms with Crippen molar-refractivity contribution in [3.63, 3.8) is 0 Å². The lowest BCUT2D eigenvalue weighted by Crippen LogP contribution is -2.21. The number of aldehydes is 1. The van der Waals surface area contributed by atoms with Crippen molar-refractivity contribution in [2.45, 2.75) is 13.3 Å². The quantitative estimate of drug-likeness (QED) is 0.743. The summed E-state index contributed by atoms with van der Waals surface area (Å²) in [7, 11) is 2.00. The van der Waals surface area contributed by atoms with Crippen molar-refractivity contribution >= 4 is 12.0 Å². The first-order valence-corrected chi connectivity index (χ1v) is 5.86. The van der Waals surface area contributed by atoms with Crippen LogP contribution in [0.25, 0.3) is 0 Å². The number of hydrogen-bond donors (Lipinski definition) is 0.